The zero-order valence-corrected chi connectivity index (χ0v) is 13.5. The first kappa shape index (κ1) is 15.7. The molecule has 1 N–H and O–H groups in total. The van der Waals surface area contributed by atoms with Crippen molar-refractivity contribution in [1.29, 1.82) is 0 Å². The smallest absolute Gasteiger partial charge is 0.331 e. The minimum atomic E-state index is -0.536. The van der Waals surface area contributed by atoms with Gasteiger partial charge in [0.1, 0.15) is 5.01 Å². The normalized spacial score (nSPS) is 15.3. The zero-order valence-electron chi connectivity index (χ0n) is 12.7. The molecule has 0 bridgehead atoms. The van der Waals surface area contributed by atoms with Crippen LogP contribution in [0, 0.1) is 0 Å². The Morgan fingerprint density at radius 2 is 2.09 bits per heavy atom. The van der Waals surface area contributed by atoms with E-state index in [1.807, 2.05) is 24.3 Å². The second-order valence-electron chi connectivity index (χ2n) is 5.51. The van der Waals surface area contributed by atoms with Gasteiger partial charge in [0.25, 0.3) is 5.91 Å². The van der Waals surface area contributed by atoms with Gasteiger partial charge in [-0.15, -0.1) is 11.3 Å². The van der Waals surface area contributed by atoms with Gasteiger partial charge in [0, 0.05) is 12.1 Å². The van der Waals surface area contributed by atoms with Crippen LogP contribution in [-0.4, -0.2) is 29.5 Å². The highest BCUT2D eigenvalue weighted by Crippen LogP contribution is 2.22. The molecule has 6 heteroatoms. The second kappa shape index (κ2) is 7.37. The van der Waals surface area contributed by atoms with Crippen LogP contribution >= 0.6 is 11.3 Å². The van der Waals surface area contributed by atoms with Crippen LogP contribution in [0.1, 0.15) is 30.7 Å². The van der Waals surface area contributed by atoms with Gasteiger partial charge in [0.05, 0.1) is 10.2 Å². The number of esters is 1. The summed E-state index contributed by atoms with van der Waals surface area (Å²) in [6.07, 6.45) is 7.24. The van der Waals surface area contributed by atoms with Crippen LogP contribution < -0.4 is 5.32 Å². The Labute approximate surface area is 138 Å². The predicted octanol–water partition coefficient (Wildman–Crippen LogP) is 2.91. The first-order valence-electron chi connectivity index (χ1n) is 7.70. The molecular formula is C17H18N2O3S. The zero-order chi connectivity index (χ0) is 16.1. The molecule has 1 aliphatic carbocycles. The molecule has 0 atom stereocenters. The number of hydrogen-bond acceptors (Lipinski definition) is 5. The van der Waals surface area contributed by atoms with Gasteiger partial charge in [-0.25, -0.2) is 9.78 Å². The Morgan fingerprint density at radius 1 is 1.30 bits per heavy atom. The van der Waals surface area contributed by atoms with Gasteiger partial charge in [0.15, 0.2) is 6.61 Å². The summed E-state index contributed by atoms with van der Waals surface area (Å²) in [6, 6.07) is 8.02. The number of hydrogen-bond donors (Lipinski definition) is 1. The Balaban J connectivity index is 1.47. The Morgan fingerprint density at radius 3 is 2.87 bits per heavy atom. The maximum atomic E-state index is 11.7. The average Bonchev–Trinajstić information content (AvgIpc) is 3.19. The molecule has 1 heterocycles. The van der Waals surface area contributed by atoms with E-state index in [1.54, 1.807) is 6.08 Å². The molecular weight excluding hydrogens is 312 g/mol. The fourth-order valence-corrected chi connectivity index (χ4v) is 3.50. The molecule has 0 spiro atoms. The Hall–Kier alpha value is -2.21. The van der Waals surface area contributed by atoms with Crippen LogP contribution in [0.3, 0.4) is 0 Å². The van der Waals surface area contributed by atoms with Crippen LogP contribution in [0.2, 0.25) is 0 Å². The van der Waals surface area contributed by atoms with Crippen molar-refractivity contribution in [2.45, 2.75) is 31.7 Å². The molecule has 1 aromatic heterocycles. The van der Waals surface area contributed by atoms with Crippen molar-refractivity contribution in [3.8, 4) is 0 Å². The Kier molecular flexibility index (Phi) is 5.02. The van der Waals surface area contributed by atoms with Gasteiger partial charge in [-0.1, -0.05) is 25.0 Å². The predicted molar refractivity (Wildman–Crippen MR) is 90.0 cm³/mol. The average molecular weight is 330 g/mol. The molecule has 3 rings (SSSR count). The van der Waals surface area contributed by atoms with E-state index in [4.69, 9.17) is 4.74 Å². The minimum absolute atomic E-state index is 0.236. The lowest BCUT2D eigenvalue weighted by atomic mass is 10.2. The van der Waals surface area contributed by atoms with Crippen LogP contribution in [0.15, 0.2) is 30.3 Å². The number of rotatable bonds is 5. The standard InChI is InChI=1S/C17H18N2O3S/c20-15(18-12-5-1-2-6-12)11-22-17(21)10-9-16-19-13-7-3-4-8-14(13)23-16/h3-4,7-10,12H,1-2,5-6,11H2,(H,18,20)/b10-9+. The van der Waals surface area contributed by atoms with Gasteiger partial charge in [-0.2, -0.15) is 0 Å². The first-order chi connectivity index (χ1) is 11.2. The summed E-state index contributed by atoms with van der Waals surface area (Å²) in [4.78, 5) is 27.7. The largest absolute Gasteiger partial charge is 0.452 e. The highest BCUT2D eigenvalue weighted by Gasteiger charge is 2.17. The number of amides is 1. The molecule has 120 valence electrons. The fraction of sp³-hybridized carbons (Fsp3) is 0.353. The van der Waals surface area contributed by atoms with Crippen molar-refractivity contribution >= 4 is 39.5 Å². The lowest BCUT2D eigenvalue weighted by Gasteiger charge is -2.11. The Bertz CT molecular complexity index is 699. The summed E-state index contributed by atoms with van der Waals surface area (Å²) >= 11 is 1.50. The van der Waals surface area contributed by atoms with E-state index in [9.17, 15) is 9.59 Å². The topological polar surface area (TPSA) is 68.3 Å². The highest BCUT2D eigenvalue weighted by atomic mass is 32.1. The molecule has 1 fully saturated rings. The number of carbonyl (C=O) groups excluding carboxylic acids is 2. The number of ether oxygens (including phenoxy) is 1. The van der Waals surface area contributed by atoms with Gasteiger partial charge in [-0.3, -0.25) is 4.79 Å². The van der Waals surface area contributed by atoms with Crippen molar-refractivity contribution < 1.29 is 14.3 Å². The third-order valence-electron chi connectivity index (χ3n) is 3.74. The SMILES string of the molecule is O=C(COC(=O)/C=C/c1nc2ccccc2s1)NC1CCCC1. The van der Waals surface area contributed by atoms with Crippen molar-refractivity contribution in [2.75, 3.05) is 6.61 Å². The first-order valence-corrected chi connectivity index (χ1v) is 8.52. The van der Waals surface area contributed by atoms with Crippen molar-refractivity contribution in [2.24, 2.45) is 0 Å². The number of nitrogens with one attached hydrogen (secondary N) is 1. The monoisotopic (exact) mass is 330 g/mol. The molecule has 1 aromatic carbocycles. The lowest BCUT2D eigenvalue weighted by Crippen LogP contribution is -2.35. The molecule has 1 saturated carbocycles. The van der Waals surface area contributed by atoms with Gasteiger partial charge in [-0.05, 0) is 31.1 Å². The van der Waals surface area contributed by atoms with E-state index >= 15 is 0 Å². The molecule has 1 aliphatic rings. The number of para-hydroxylation sites is 1. The van der Waals surface area contributed by atoms with E-state index in [0.717, 1.165) is 40.9 Å². The van der Waals surface area contributed by atoms with Crippen molar-refractivity contribution in [3.63, 3.8) is 0 Å². The summed E-state index contributed by atoms with van der Waals surface area (Å²) in [5.41, 5.74) is 0.904. The minimum Gasteiger partial charge on any atom is -0.452 e. The third kappa shape index (κ3) is 4.39. The van der Waals surface area contributed by atoms with Crippen LogP contribution in [0.25, 0.3) is 16.3 Å². The second-order valence-corrected chi connectivity index (χ2v) is 6.57. The fourth-order valence-electron chi connectivity index (χ4n) is 2.62. The van der Waals surface area contributed by atoms with E-state index < -0.39 is 5.97 Å². The number of thiazole rings is 1. The number of carbonyl (C=O) groups is 2. The number of nitrogens with zero attached hydrogens (tertiary/aromatic N) is 1. The summed E-state index contributed by atoms with van der Waals surface area (Å²) in [7, 11) is 0. The number of aromatic nitrogens is 1. The third-order valence-corrected chi connectivity index (χ3v) is 4.74. The van der Waals surface area contributed by atoms with Crippen LogP contribution in [-0.2, 0) is 14.3 Å². The summed E-state index contributed by atoms with van der Waals surface area (Å²) in [6.45, 7) is -0.237. The molecule has 1 amide bonds. The van der Waals surface area contributed by atoms with Crippen molar-refractivity contribution in [3.05, 3.63) is 35.3 Å². The van der Waals surface area contributed by atoms with E-state index in [-0.39, 0.29) is 18.6 Å². The molecule has 0 radical (unpaired) electrons. The van der Waals surface area contributed by atoms with Crippen LogP contribution in [0.4, 0.5) is 0 Å². The van der Waals surface area contributed by atoms with E-state index in [2.05, 4.69) is 10.3 Å². The van der Waals surface area contributed by atoms with E-state index in [1.165, 1.54) is 17.4 Å². The highest BCUT2D eigenvalue weighted by molar-refractivity contribution is 7.19. The molecule has 0 aliphatic heterocycles. The summed E-state index contributed by atoms with van der Waals surface area (Å²) < 4.78 is 6.02. The molecule has 0 unspecified atom stereocenters. The summed E-state index contributed by atoms with van der Waals surface area (Å²) in [5.74, 6) is -0.774. The maximum absolute atomic E-state index is 11.7. The van der Waals surface area contributed by atoms with Gasteiger partial charge >= 0.3 is 5.97 Å². The molecule has 2 aromatic rings. The number of fused-ring (bicyclic) bond motifs is 1. The quantitative estimate of drug-likeness (QED) is 0.676. The van der Waals surface area contributed by atoms with Crippen LogP contribution in [0.5, 0.6) is 0 Å². The van der Waals surface area contributed by atoms with Gasteiger partial charge in [0.2, 0.25) is 0 Å². The molecule has 23 heavy (non-hydrogen) atoms. The van der Waals surface area contributed by atoms with Crippen molar-refractivity contribution in [1.82, 2.24) is 10.3 Å². The maximum Gasteiger partial charge on any atom is 0.331 e. The lowest BCUT2D eigenvalue weighted by molar-refractivity contribution is -0.144. The van der Waals surface area contributed by atoms with Gasteiger partial charge < -0.3 is 10.1 Å². The summed E-state index contributed by atoms with van der Waals surface area (Å²) in [5, 5.41) is 3.61. The molecule has 0 saturated heterocycles. The number of benzene rings is 1. The van der Waals surface area contributed by atoms with E-state index in [0.29, 0.717) is 0 Å². The molecule has 5 nitrogen and oxygen atoms in total.